The fourth-order valence-corrected chi connectivity index (χ4v) is 6.37. The number of ether oxygens (including phenoxy) is 1. The molecule has 2 aliphatic heterocycles. The van der Waals surface area contributed by atoms with Crippen molar-refractivity contribution in [3.63, 3.8) is 0 Å². The maximum atomic E-state index is 12.6. The molecule has 220 valence electrons. The molecule has 3 heterocycles. The number of nitrogens with zero attached hydrogens (tertiary/aromatic N) is 6. The van der Waals surface area contributed by atoms with Gasteiger partial charge in [-0.25, -0.2) is 4.79 Å². The average Bonchev–Trinajstić information content (AvgIpc) is 3.03. The van der Waals surface area contributed by atoms with Crippen LogP contribution in [0.2, 0.25) is 0 Å². The SMILES string of the molecule is C[S+]([O-])c1nc2c(c(N3CCN(C(=O)O)[C@@H](CC#N)C3)n1)CCN(c1cc(OCc3ccccc3)cc3ccccc13)C2. The summed E-state index contributed by atoms with van der Waals surface area (Å²) in [6, 6.07) is 24.1. The Kier molecular flexibility index (Phi) is 8.22. The number of rotatable bonds is 7. The number of hydrogen-bond donors (Lipinski definition) is 1. The Labute approximate surface area is 253 Å². The largest absolute Gasteiger partial charge is 0.609 e. The zero-order valence-electron chi connectivity index (χ0n) is 23.8. The molecule has 0 aliphatic carbocycles. The van der Waals surface area contributed by atoms with Gasteiger partial charge < -0.3 is 29.1 Å². The summed E-state index contributed by atoms with van der Waals surface area (Å²) in [6.45, 7) is 2.71. The summed E-state index contributed by atoms with van der Waals surface area (Å²) in [6.07, 6.45) is 1.28. The van der Waals surface area contributed by atoms with E-state index in [2.05, 4.69) is 35.2 Å². The van der Waals surface area contributed by atoms with Crippen LogP contribution in [0, 0.1) is 11.3 Å². The molecular formula is C32H32N6O4S. The Morgan fingerprint density at radius 1 is 1.09 bits per heavy atom. The number of hydrogen-bond acceptors (Lipinski definition) is 8. The topological polar surface area (TPSA) is 129 Å². The number of piperazine rings is 1. The zero-order chi connectivity index (χ0) is 29.9. The third-order valence-electron chi connectivity index (χ3n) is 8.04. The van der Waals surface area contributed by atoms with Crippen LogP contribution in [0.25, 0.3) is 10.8 Å². The minimum absolute atomic E-state index is 0.0895. The maximum absolute atomic E-state index is 12.6. The van der Waals surface area contributed by atoms with E-state index in [1.807, 2.05) is 47.4 Å². The lowest BCUT2D eigenvalue weighted by molar-refractivity contribution is 0.119. The number of aromatic nitrogens is 2. The smallest absolute Gasteiger partial charge is 0.407 e. The molecule has 0 radical (unpaired) electrons. The van der Waals surface area contributed by atoms with Gasteiger partial charge in [-0.3, -0.25) is 0 Å². The van der Waals surface area contributed by atoms with Gasteiger partial charge in [-0.05, 0) is 23.4 Å². The normalized spacial score (nSPS) is 17.3. The first kappa shape index (κ1) is 28.6. The predicted octanol–water partition coefficient (Wildman–Crippen LogP) is 4.59. The first-order chi connectivity index (χ1) is 20.9. The number of fused-ring (bicyclic) bond motifs is 2. The molecule has 1 aromatic heterocycles. The van der Waals surface area contributed by atoms with E-state index in [1.165, 1.54) is 4.90 Å². The molecule has 10 nitrogen and oxygen atoms in total. The van der Waals surface area contributed by atoms with Gasteiger partial charge >= 0.3 is 11.2 Å². The van der Waals surface area contributed by atoms with Crippen LogP contribution in [0.1, 0.15) is 23.2 Å². The van der Waals surface area contributed by atoms with Gasteiger partial charge in [-0.2, -0.15) is 15.2 Å². The zero-order valence-corrected chi connectivity index (χ0v) is 24.7. The summed E-state index contributed by atoms with van der Waals surface area (Å²) in [7, 11) is 0. The number of anilines is 2. The molecule has 4 aromatic rings. The van der Waals surface area contributed by atoms with Crippen molar-refractivity contribution in [2.75, 3.05) is 42.2 Å². The van der Waals surface area contributed by atoms with E-state index in [0.717, 1.165) is 39.0 Å². The lowest BCUT2D eigenvalue weighted by Crippen LogP contribution is -2.55. The average molecular weight is 597 g/mol. The van der Waals surface area contributed by atoms with Crippen molar-refractivity contribution in [1.82, 2.24) is 14.9 Å². The number of carboxylic acid groups (broad SMARTS) is 1. The summed E-state index contributed by atoms with van der Waals surface area (Å²) in [4.78, 5) is 26.9. The Morgan fingerprint density at radius 2 is 1.88 bits per heavy atom. The van der Waals surface area contributed by atoms with E-state index in [-0.39, 0.29) is 18.1 Å². The van der Waals surface area contributed by atoms with Crippen molar-refractivity contribution >= 4 is 39.5 Å². The minimum atomic E-state index is -1.42. The highest BCUT2D eigenvalue weighted by atomic mass is 32.2. The molecule has 1 fully saturated rings. The molecule has 6 rings (SSSR count). The third kappa shape index (κ3) is 6.02. The van der Waals surface area contributed by atoms with Gasteiger partial charge in [0, 0.05) is 60.1 Å². The van der Waals surface area contributed by atoms with Crippen molar-refractivity contribution in [3.8, 4) is 11.8 Å². The third-order valence-corrected chi connectivity index (χ3v) is 8.73. The molecular weight excluding hydrogens is 564 g/mol. The highest BCUT2D eigenvalue weighted by Gasteiger charge is 2.34. The predicted molar refractivity (Wildman–Crippen MR) is 165 cm³/mol. The second-order valence-electron chi connectivity index (χ2n) is 10.8. The summed E-state index contributed by atoms with van der Waals surface area (Å²) >= 11 is -1.42. The minimum Gasteiger partial charge on any atom is -0.609 e. The lowest BCUT2D eigenvalue weighted by atomic mass is 10.0. The van der Waals surface area contributed by atoms with Crippen molar-refractivity contribution < 1.29 is 19.2 Å². The molecule has 2 atom stereocenters. The Hall–Kier alpha value is -4.53. The molecule has 0 spiro atoms. The molecule has 1 amide bonds. The number of amides is 1. The van der Waals surface area contributed by atoms with Crippen LogP contribution in [-0.2, 0) is 30.7 Å². The lowest BCUT2D eigenvalue weighted by Gasteiger charge is -2.41. The van der Waals surface area contributed by atoms with E-state index in [0.29, 0.717) is 45.0 Å². The van der Waals surface area contributed by atoms with E-state index >= 15 is 0 Å². The van der Waals surface area contributed by atoms with Crippen molar-refractivity contribution in [2.45, 2.75) is 37.2 Å². The molecule has 43 heavy (non-hydrogen) atoms. The monoisotopic (exact) mass is 596 g/mol. The van der Waals surface area contributed by atoms with Crippen molar-refractivity contribution in [2.24, 2.45) is 0 Å². The van der Waals surface area contributed by atoms with Gasteiger partial charge in [0.05, 0.1) is 30.8 Å². The molecule has 2 aliphatic rings. The summed E-state index contributed by atoms with van der Waals surface area (Å²) in [5, 5.41) is 21.4. The Morgan fingerprint density at radius 3 is 2.65 bits per heavy atom. The maximum Gasteiger partial charge on any atom is 0.407 e. The molecule has 11 heteroatoms. The van der Waals surface area contributed by atoms with Crippen LogP contribution in [-0.4, -0.2) is 69.1 Å². The summed E-state index contributed by atoms with van der Waals surface area (Å²) < 4.78 is 18.9. The summed E-state index contributed by atoms with van der Waals surface area (Å²) in [5.74, 6) is 1.47. The summed E-state index contributed by atoms with van der Waals surface area (Å²) in [5.41, 5.74) is 3.91. The van der Waals surface area contributed by atoms with Crippen LogP contribution in [0.15, 0.2) is 71.9 Å². The number of nitriles is 1. The van der Waals surface area contributed by atoms with Crippen LogP contribution >= 0.6 is 0 Å². The van der Waals surface area contributed by atoms with E-state index < -0.39 is 23.3 Å². The van der Waals surface area contributed by atoms with Gasteiger partial charge in [0.15, 0.2) is 0 Å². The first-order valence-electron chi connectivity index (χ1n) is 14.2. The van der Waals surface area contributed by atoms with Gasteiger partial charge in [-0.1, -0.05) is 54.6 Å². The van der Waals surface area contributed by atoms with Crippen molar-refractivity contribution in [3.05, 3.63) is 83.6 Å². The molecule has 0 saturated carbocycles. The Bertz CT molecular complexity index is 1680. The van der Waals surface area contributed by atoms with Crippen LogP contribution in [0.4, 0.5) is 16.3 Å². The quantitative estimate of drug-likeness (QED) is 0.241. The van der Waals surface area contributed by atoms with Gasteiger partial charge in [0.2, 0.25) is 0 Å². The second kappa shape index (κ2) is 12.4. The van der Waals surface area contributed by atoms with Gasteiger partial charge in [0.1, 0.15) is 24.4 Å². The molecule has 1 unspecified atom stereocenters. The number of benzene rings is 3. The molecule has 1 saturated heterocycles. The van der Waals surface area contributed by atoms with E-state index in [4.69, 9.17) is 14.7 Å². The van der Waals surface area contributed by atoms with Gasteiger partial charge in [-0.15, -0.1) is 0 Å². The van der Waals surface area contributed by atoms with Crippen LogP contribution in [0.5, 0.6) is 5.75 Å². The molecule has 3 aromatic carbocycles. The first-order valence-corrected chi connectivity index (χ1v) is 15.8. The fourth-order valence-electron chi connectivity index (χ4n) is 5.91. The van der Waals surface area contributed by atoms with E-state index in [9.17, 15) is 19.7 Å². The van der Waals surface area contributed by atoms with E-state index in [1.54, 1.807) is 6.26 Å². The van der Waals surface area contributed by atoms with Crippen molar-refractivity contribution in [1.29, 1.82) is 5.26 Å². The molecule has 1 N–H and O–H groups in total. The molecule has 0 bridgehead atoms. The van der Waals surface area contributed by atoms with Gasteiger partial charge in [0.25, 0.3) is 0 Å². The fraction of sp³-hybridized carbons (Fsp3) is 0.312. The highest BCUT2D eigenvalue weighted by molar-refractivity contribution is 7.90. The van der Waals surface area contributed by atoms with Crippen LogP contribution in [0.3, 0.4) is 0 Å². The number of carbonyl (C=O) groups is 1. The standard InChI is InChI=1S/C32H32N6O4S/c1-43(41)31-34-28-20-36(14-12-27(28)30(35-31)37-15-16-38(32(39)40)24(19-37)11-13-33)29-18-25(17-23-9-5-6-10-26(23)29)42-21-22-7-3-2-4-8-22/h2-10,17-18,24H,11-12,14-16,19-21H2,1H3,(H,39,40)/t24-,43?/m0/s1. The van der Waals surface area contributed by atoms with Crippen LogP contribution < -0.4 is 14.5 Å². The second-order valence-corrected chi connectivity index (χ2v) is 12.0. The Balaban J connectivity index is 1.32. The highest BCUT2D eigenvalue weighted by Crippen LogP contribution is 2.37.